The molecular weight excluding hydrogens is 284 g/mol. The molecule has 3 rings (SSSR count). The molecule has 116 valence electrons. The van der Waals surface area contributed by atoms with Crippen LogP contribution in [-0.4, -0.2) is 14.8 Å². The first-order valence-corrected chi connectivity index (χ1v) is 8.05. The summed E-state index contributed by atoms with van der Waals surface area (Å²) in [6, 6.07) is 12.4. The predicted molar refractivity (Wildman–Crippen MR) is 91.3 cm³/mol. The fraction of sp³-hybridized carbons (Fsp3) is 0.316. The maximum Gasteiger partial charge on any atom is 0.174 e. The minimum absolute atomic E-state index is 0.579. The van der Waals surface area contributed by atoms with Gasteiger partial charge < -0.3 is 4.57 Å². The van der Waals surface area contributed by atoms with E-state index in [-0.39, 0.29) is 0 Å². The molecule has 0 aliphatic carbocycles. The molecule has 0 radical (unpaired) electrons. The molecule has 4 heteroatoms. The van der Waals surface area contributed by atoms with Crippen molar-refractivity contribution >= 4 is 11.6 Å². The Morgan fingerprint density at radius 3 is 2.78 bits per heavy atom. The summed E-state index contributed by atoms with van der Waals surface area (Å²) in [5, 5.41) is 18.1. The maximum absolute atomic E-state index is 9.56. The zero-order valence-electron chi connectivity index (χ0n) is 13.4. The van der Waals surface area contributed by atoms with E-state index in [1.807, 2.05) is 43.3 Å². The van der Waals surface area contributed by atoms with Gasteiger partial charge in [0.25, 0.3) is 0 Å². The van der Waals surface area contributed by atoms with Gasteiger partial charge in [-0.05, 0) is 37.0 Å². The van der Waals surface area contributed by atoms with Gasteiger partial charge in [0.2, 0.25) is 0 Å². The lowest BCUT2D eigenvalue weighted by atomic mass is 10.1. The predicted octanol–water partition coefficient (Wildman–Crippen LogP) is 4.01. The zero-order valence-corrected chi connectivity index (χ0v) is 13.4. The molecule has 1 aromatic heterocycles. The zero-order chi connectivity index (χ0) is 16.1. The Balaban J connectivity index is 1.93. The Hall–Kier alpha value is -2.67. The molecule has 0 atom stereocenters. The second-order valence-electron chi connectivity index (χ2n) is 5.87. The van der Waals surface area contributed by atoms with Gasteiger partial charge >= 0.3 is 0 Å². The molecule has 2 heterocycles. The number of nitrogens with zero attached hydrogens (tertiary/aromatic N) is 4. The van der Waals surface area contributed by atoms with E-state index in [4.69, 9.17) is 0 Å². The van der Waals surface area contributed by atoms with Crippen LogP contribution >= 0.6 is 0 Å². The lowest BCUT2D eigenvalue weighted by Gasteiger charge is -2.06. The number of allylic oxidation sites excluding steroid dienone is 3. The van der Waals surface area contributed by atoms with Crippen LogP contribution in [-0.2, 0) is 13.0 Å². The Kier molecular flexibility index (Phi) is 4.68. The van der Waals surface area contributed by atoms with Crippen LogP contribution < -0.4 is 0 Å². The van der Waals surface area contributed by atoms with E-state index in [1.165, 1.54) is 6.42 Å². The molecule has 1 aliphatic rings. The number of nitriles is 1. The largest absolute Gasteiger partial charge is 0.310 e. The number of aryl methyl sites for hydroxylation is 1. The first kappa shape index (κ1) is 15.2. The smallest absolute Gasteiger partial charge is 0.174 e. The highest BCUT2D eigenvalue weighted by molar-refractivity contribution is 5.76. The molecule has 0 fully saturated rings. The van der Waals surface area contributed by atoms with Crippen LogP contribution in [0.3, 0.4) is 0 Å². The summed E-state index contributed by atoms with van der Waals surface area (Å²) in [5.41, 5.74) is 2.73. The monoisotopic (exact) mass is 304 g/mol. The molecule has 1 aromatic carbocycles. The van der Waals surface area contributed by atoms with Gasteiger partial charge in [0.15, 0.2) is 5.82 Å². The highest BCUT2D eigenvalue weighted by atomic mass is 15.3. The van der Waals surface area contributed by atoms with Gasteiger partial charge in [0.05, 0.1) is 5.57 Å². The molecule has 0 saturated carbocycles. The number of benzene rings is 1. The Morgan fingerprint density at radius 1 is 1.17 bits per heavy atom. The quantitative estimate of drug-likeness (QED) is 0.636. The molecule has 0 amide bonds. The van der Waals surface area contributed by atoms with Crippen LogP contribution in [0.2, 0.25) is 0 Å². The number of hydrogen-bond donors (Lipinski definition) is 0. The molecule has 0 saturated heterocycles. The van der Waals surface area contributed by atoms with E-state index >= 15 is 0 Å². The van der Waals surface area contributed by atoms with E-state index in [1.54, 1.807) is 0 Å². The van der Waals surface area contributed by atoms with Crippen LogP contribution in [0.5, 0.6) is 0 Å². The normalized spacial score (nSPS) is 15.7. The summed E-state index contributed by atoms with van der Waals surface area (Å²) in [5.74, 6) is 1.70. The molecule has 0 N–H and O–H groups in total. The second-order valence-corrected chi connectivity index (χ2v) is 5.87. The fourth-order valence-electron chi connectivity index (χ4n) is 2.91. The first-order chi connectivity index (χ1) is 11.3. The van der Waals surface area contributed by atoms with Crippen molar-refractivity contribution in [2.75, 3.05) is 0 Å². The summed E-state index contributed by atoms with van der Waals surface area (Å²) in [4.78, 5) is 0. The summed E-state index contributed by atoms with van der Waals surface area (Å²) in [6.45, 7) is 2.90. The summed E-state index contributed by atoms with van der Waals surface area (Å²) >= 11 is 0. The van der Waals surface area contributed by atoms with Crippen LogP contribution in [0.4, 0.5) is 0 Å². The van der Waals surface area contributed by atoms with Gasteiger partial charge in [0.1, 0.15) is 11.9 Å². The Labute approximate surface area is 136 Å². The van der Waals surface area contributed by atoms with E-state index in [0.29, 0.717) is 11.4 Å². The average molecular weight is 304 g/mol. The topological polar surface area (TPSA) is 54.5 Å². The van der Waals surface area contributed by atoms with Crippen LogP contribution in [0.15, 0.2) is 42.0 Å². The lowest BCUT2D eigenvalue weighted by molar-refractivity contribution is 0.627. The Bertz CT molecular complexity index is 775. The van der Waals surface area contributed by atoms with Gasteiger partial charge in [-0.15, -0.1) is 10.2 Å². The number of aromatic nitrogens is 3. The number of fused-ring (bicyclic) bond motifs is 1. The van der Waals surface area contributed by atoms with Gasteiger partial charge in [-0.1, -0.05) is 42.8 Å². The molecule has 0 unspecified atom stereocenters. The van der Waals surface area contributed by atoms with Gasteiger partial charge in [-0.3, -0.25) is 0 Å². The fourth-order valence-corrected chi connectivity index (χ4v) is 2.91. The number of rotatable bonds is 3. The van der Waals surface area contributed by atoms with Gasteiger partial charge in [-0.25, -0.2) is 0 Å². The summed E-state index contributed by atoms with van der Waals surface area (Å²) < 4.78 is 2.11. The molecule has 0 bridgehead atoms. The highest BCUT2D eigenvalue weighted by Crippen LogP contribution is 2.21. The third kappa shape index (κ3) is 3.57. The highest BCUT2D eigenvalue weighted by Gasteiger charge is 2.17. The molecular formula is C19H20N4. The van der Waals surface area contributed by atoms with Crippen LogP contribution in [0, 0.1) is 11.3 Å². The molecule has 23 heavy (non-hydrogen) atoms. The first-order valence-electron chi connectivity index (χ1n) is 8.05. The van der Waals surface area contributed by atoms with Crippen molar-refractivity contribution in [1.29, 1.82) is 5.26 Å². The lowest BCUT2D eigenvalue weighted by Crippen LogP contribution is -2.05. The molecule has 0 spiro atoms. The minimum Gasteiger partial charge on any atom is -0.310 e. The third-order valence-electron chi connectivity index (χ3n) is 4.04. The average Bonchev–Trinajstić information content (AvgIpc) is 2.82. The standard InChI is InChI=1S/C19H20N4/c1-15(12-16-8-4-2-5-9-16)13-17(14-20)19-22-21-18-10-6-3-7-11-23(18)19/h2,4-5,8-9,12-13H,3,6-7,10-11H2,1H3. The van der Waals surface area contributed by atoms with Crippen molar-refractivity contribution in [2.24, 2.45) is 0 Å². The van der Waals surface area contributed by atoms with Crippen molar-refractivity contribution in [3.8, 4) is 6.07 Å². The Morgan fingerprint density at radius 2 is 2.00 bits per heavy atom. The van der Waals surface area contributed by atoms with E-state index in [9.17, 15) is 5.26 Å². The van der Waals surface area contributed by atoms with Crippen LogP contribution in [0.1, 0.15) is 43.4 Å². The SMILES string of the molecule is CC(=Cc1ccccc1)C=C(C#N)c1nnc2n1CCCCC2. The summed E-state index contributed by atoms with van der Waals surface area (Å²) in [6.07, 6.45) is 8.39. The van der Waals surface area contributed by atoms with E-state index in [2.05, 4.69) is 26.9 Å². The van der Waals surface area contributed by atoms with Crippen molar-refractivity contribution in [2.45, 2.75) is 39.2 Å². The molecule has 1 aliphatic heterocycles. The van der Waals surface area contributed by atoms with Crippen molar-refractivity contribution < 1.29 is 0 Å². The summed E-state index contributed by atoms with van der Waals surface area (Å²) in [7, 11) is 0. The molecule has 4 nitrogen and oxygen atoms in total. The van der Waals surface area contributed by atoms with E-state index < -0.39 is 0 Å². The third-order valence-corrected chi connectivity index (χ3v) is 4.04. The number of hydrogen-bond acceptors (Lipinski definition) is 3. The minimum atomic E-state index is 0.579. The van der Waals surface area contributed by atoms with Crippen molar-refractivity contribution in [1.82, 2.24) is 14.8 Å². The maximum atomic E-state index is 9.56. The van der Waals surface area contributed by atoms with Gasteiger partial charge in [0, 0.05) is 13.0 Å². The van der Waals surface area contributed by atoms with Gasteiger partial charge in [-0.2, -0.15) is 5.26 Å². The van der Waals surface area contributed by atoms with Crippen molar-refractivity contribution in [3.63, 3.8) is 0 Å². The van der Waals surface area contributed by atoms with E-state index in [0.717, 1.165) is 42.8 Å². The van der Waals surface area contributed by atoms with Crippen LogP contribution in [0.25, 0.3) is 11.6 Å². The van der Waals surface area contributed by atoms with Crippen molar-refractivity contribution in [3.05, 3.63) is 59.2 Å². The second kappa shape index (κ2) is 7.06. The molecule has 2 aromatic rings.